The van der Waals surface area contributed by atoms with Gasteiger partial charge in [-0.1, -0.05) is 111 Å². The maximum atomic E-state index is 12.4. The summed E-state index contributed by atoms with van der Waals surface area (Å²) in [5, 5.41) is 4.69. The summed E-state index contributed by atoms with van der Waals surface area (Å²) in [4.78, 5) is 24.0. The van der Waals surface area contributed by atoms with E-state index < -0.39 is 11.6 Å². The lowest BCUT2D eigenvalue weighted by Crippen LogP contribution is -2.35. The molecule has 0 bridgehead atoms. The van der Waals surface area contributed by atoms with E-state index in [0.29, 0.717) is 22.8 Å². The summed E-state index contributed by atoms with van der Waals surface area (Å²) in [5.74, 6) is 1.96. The minimum absolute atomic E-state index is 0.0743. The lowest BCUT2D eigenvalue weighted by molar-refractivity contribution is -0.139. The van der Waals surface area contributed by atoms with Crippen molar-refractivity contribution in [3.05, 3.63) is 161 Å². The number of hydrogen-bond donors (Lipinski definition) is 1. The molecule has 1 unspecified atom stereocenters. The number of benzene rings is 6. The van der Waals surface area contributed by atoms with Crippen molar-refractivity contribution >= 4 is 28.7 Å². The topological polar surface area (TPSA) is 92.3 Å². The molecule has 8 heteroatoms. The zero-order valence-electron chi connectivity index (χ0n) is 34.0. The van der Waals surface area contributed by atoms with Crippen molar-refractivity contribution in [1.82, 2.24) is 5.32 Å². The summed E-state index contributed by atoms with van der Waals surface area (Å²) in [6.45, 7) is 10.2. The predicted molar refractivity (Wildman–Crippen MR) is 232 cm³/mol. The number of ether oxygens (including phenoxy) is 5. The summed E-state index contributed by atoms with van der Waals surface area (Å²) >= 11 is 0. The SMILES string of the molecule is C=C(C)C(=O)OCCNC(=O)CCOc1ccc(C2(c3ccccc3)C=Cc3c4c(c5cc(OC)c(OC)cc5c3O2)-c2ccc(-c3ccccc3)cc2C4(C)C)cc1. The molecule has 1 aliphatic heterocycles. The van der Waals surface area contributed by atoms with Gasteiger partial charge < -0.3 is 29.0 Å². The molecule has 6 aromatic rings. The van der Waals surface area contributed by atoms with E-state index in [1.807, 2.05) is 54.6 Å². The second-order valence-corrected chi connectivity index (χ2v) is 15.4. The van der Waals surface area contributed by atoms with Gasteiger partial charge in [0, 0.05) is 33.1 Å². The number of fused-ring (bicyclic) bond motifs is 8. The zero-order chi connectivity index (χ0) is 41.3. The van der Waals surface area contributed by atoms with Crippen molar-refractivity contribution < 1.29 is 33.3 Å². The first kappa shape index (κ1) is 39.0. The van der Waals surface area contributed by atoms with Gasteiger partial charge in [-0.25, -0.2) is 4.79 Å². The van der Waals surface area contributed by atoms with E-state index in [1.165, 1.54) is 33.4 Å². The molecule has 1 aliphatic carbocycles. The first-order chi connectivity index (χ1) is 28.6. The van der Waals surface area contributed by atoms with Gasteiger partial charge in [-0.15, -0.1) is 0 Å². The Bertz CT molecular complexity index is 2610. The summed E-state index contributed by atoms with van der Waals surface area (Å²) in [7, 11) is 3.32. The highest BCUT2D eigenvalue weighted by Crippen LogP contribution is 2.59. The fourth-order valence-electron chi connectivity index (χ4n) is 8.39. The van der Waals surface area contributed by atoms with Gasteiger partial charge in [0.15, 0.2) is 17.1 Å². The third kappa shape index (κ3) is 7.09. The quantitative estimate of drug-likeness (QED) is 0.0708. The van der Waals surface area contributed by atoms with Crippen LogP contribution >= 0.6 is 0 Å². The van der Waals surface area contributed by atoms with Gasteiger partial charge in [0.25, 0.3) is 0 Å². The van der Waals surface area contributed by atoms with E-state index >= 15 is 0 Å². The van der Waals surface area contributed by atoms with Gasteiger partial charge in [0.2, 0.25) is 5.91 Å². The second kappa shape index (κ2) is 15.9. The van der Waals surface area contributed by atoms with Gasteiger partial charge in [-0.3, -0.25) is 4.79 Å². The fourth-order valence-corrected chi connectivity index (χ4v) is 8.39. The highest BCUT2D eigenvalue weighted by atomic mass is 16.5. The van der Waals surface area contributed by atoms with Crippen molar-refractivity contribution in [3.63, 3.8) is 0 Å². The van der Waals surface area contributed by atoms with Crippen LogP contribution in [0.5, 0.6) is 23.0 Å². The third-order valence-electron chi connectivity index (χ3n) is 11.3. The number of carbonyl (C=O) groups is 2. The Labute approximate surface area is 345 Å². The minimum atomic E-state index is -0.995. The average Bonchev–Trinajstić information content (AvgIpc) is 3.51. The Kier molecular flexibility index (Phi) is 10.5. The number of hydrogen-bond acceptors (Lipinski definition) is 7. The van der Waals surface area contributed by atoms with Crippen LogP contribution in [0, 0.1) is 0 Å². The van der Waals surface area contributed by atoms with Crippen LogP contribution in [0.2, 0.25) is 0 Å². The summed E-state index contributed by atoms with van der Waals surface area (Å²) in [5.41, 5.74) is 9.01. The Morgan fingerprint density at radius 1 is 0.763 bits per heavy atom. The molecule has 2 aliphatic rings. The second-order valence-electron chi connectivity index (χ2n) is 15.4. The summed E-state index contributed by atoms with van der Waals surface area (Å²) in [6, 6.07) is 39.5. The monoisotopic (exact) mass is 785 g/mol. The fraction of sp³-hybridized carbons (Fsp3) is 0.216. The van der Waals surface area contributed by atoms with Gasteiger partial charge in [-0.05, 0) is 82.1 Å². The lowest BCUT2D eigenvalue weighted by Gasteiger charge is -2.38. The summed E-state index contributed by atoms with van der Waals surface area (Å²) < 4.78 is 30.3. The van der Waals surface area contributed by atoms with E-state index in [2.05, 4.69) is 98.6 Å². The van der Waals surface area contributed by atoms with Crippen molar-refractivity contribution in [1.29, 1.82) is 0 Å². The number of amides is 1. The van der Waals surface area contributed by atoms with Crippen LogP contribution in [0.1, 0.15) is 55.0 Å². The number of carbonyl (C=O) groups excluding carboxylic acids is 2. The molecule has 0 saturated carbocycles. The first-order valence-electron chi connectivity index (χ1n) is 19.8. The highest BCUT2D eigenvalue weighted by molar-refractivity contribution is 6.10. The largest absolute Gasteiger partial charge is 0.493 e. The van der Waals surface area contributed by atoms with E-state index in [-0.39, 0.29) is 37.5 Å². The minimum Gasteiger partial charge on any atom is -0.493 e. The lowest BCUT2D eigenvalue weighted by atomic mass is 9.76. The Morgan fingerprint density at radius 2 is 1.42 bits per heavy atom. The molecule has 1 atom stereocenters. The molecule has 298 valence electrons. The molecule has 0 fully saturated rings. The number of nitrogens with one attached hydrogen (secondary N) is 1. The van der Waals surface area contributed by atoms with Gasteiger partial charge in [0.05, 0.1) is 33.8 Å². The van der Waals surface area contributed by atoms with Crippen molar-refractivity contribution in [2.45, 2.75) is 38.2 Å². The first-order valence-corrected chi connectivity index (χ1v) is 19.8. The number of methoxy groups -OCH3 is 2. The smallest absolute Gasteiger partial charge is 0.333 e. The van der Waals surface area contributed by atoms with E-state index in [0.717, 1.165) is 33.2 Å². The van der Waals surface area contributed by atoms with Crippen molar-refractivity contribution in [2.24, 2.45) is 0 Å². The Morgan fingerprint density at radius 3 is 2.10 bits per heavy atom. The molecule has 0 saturated heterocycles. The maximum Gasteiger partial charge on any atom is 0.333 e. The zero-order valence-corrected chi connectivity index (χ0v) is 34.0. The third-order valence-corrected chi connectivity index (χ3v) is 11.3. The standard InChI is InChI=1S/C51H47NO7/c1-32(2)49(54)58-28-26-52-45(53)24-27-57-37-20-18-36(19-21-37)51(35-15-11-8-12-16-35)25-23-39-47-46(40-30-43(55-5)44(56-6)31-41(40)48(39)59-51)38-22-17-34(29-42(38)50(47,3)4)33-13-9-7-10-14-33/h7-23,25,29-31H,1,24,26-28H2,2-6H3,(H,52,53). The van der Waals surface area contributed by atoms with E-state index in [4.69, 9.17) is 23.7 Å². The predicted octanol–water partition coefficient (Wildman–Crippen LogP) is 10.2. The van der Waals surface area contributed by atoms with E-state index in [1.54, 1.807) is 21.1 Å². The molecule has 1 amide bonds. The van der Waals surface area contributed by atoms with Crippen LogP contribution < -0.4 is 24.3 Å². The molecule has 0 aromatic heterocycles. The van der Waals surface area contributed by atoms with Crippen LogP contribution in [0.15, 0.2) is 133 Å². The van der Waals surface area contributed by atoms with Crippen molar-refractivity contribution in [3.8, 4) is 45.3 Å². The molecule has 0 spiro atoms. The van der Waals surface area contributed by atoms with Crippen LogP contribution in [0.3, 0.4) is 0 Å². The average molecular weight is 786 g/mol. The Hall–Kier alpha value is -6.80. The molecule has 0 radical (unpaired) electrons. The molecule has 1 N–H and O–H groups in total. The van der Waals surface area contributed by atoms with Crippen LogP contribution in [0.25, 0.3) is 39.1 Å². The van der Waals surface area contributed by atoms with Gasteiger partial charge in [-0.2, -0.15) is 0 Å². The normalized spacial score (nSPS) is 15.6. The number of esters is 1. The summed E-state index contributed by atoms with van der Waals surface area (Å²) in [6.07, 6.45) is 4.54. The molecule has 8 rings (SSSR count). The van der Waals surface area contributed by atoms with Gasteiger partial charge in [0.1, 0.15) is 18.1 Å². The van der Waals surface area contributed by atoms with Crippen LogP contribution in [-0.2, 0) is 25.3 Å². The van der Waals surface area contributed by atoms with Crippen LogP contribution in [0.4, 0.5) is 0 Å². The van der Waals surface area contributed by atoms with E-state index in [9.17, 15) is 9.59 Å². The van der Waals surface area contributed by atoms with Crippen LogP contribution in [-0.4, -0.2) is 45.9 Å². The molecule has 8 nitrogen and oxygen atoms in total. The molecular formula is C51H47NO7. The molecule has 6 aromatic carbocycles. The Balaban J connectivity index is 1.16. The van der Waals surface area contributed by atoms with Gasteiger partial charge >= 0.3 is 5.97 Å². The molecular weight excluding hydrogens is 739 g/mol. The highest BCUT2D eigenvalue weighted by Gasteiger charge is 2.44. The molecule has 1 heterocycles. The molecule has 59 heavy (non-hydrogen) atoms. The number of rotatable bonds is 13. The maximum absolute atomic E-state index is 12.4. The van der Waals surface area contributed by atoms with Crippen molar-refractivity contribution in [2.75, 3.05) is 34.0 Å².